The molecule has 0 aliphatic heterocycles. The fourth-order valence-electron chi connectivity index (χ4n) is 4.83. The predicted molar refractivity (Wildman–Crippen MR) is 136 cm³/mol. The number of carbonyl (C=O) groups excluding carboxylic acids is 2. The lowest BCUT2D eigenvalue weighted by Gasteiger charge is -2.19. The van der Waals surface area contributed by atoms with Crippen molar-refractivity contribution >= 4 is 40.0 Å². The summed E-state index contributed by atoms with van der Waals surface area (Å²) >= 11 is 6.21. The molecule has 11 heteroatoms. The highest BCUT2D eigenvalue weighted by atomic mass is 35.5. The summed E-state index contributed by atoms with van der Waals surface area (Å²) in [5, 5.41) is 3.17. The van der Waals surface area contributed by atoms with Gasteiger partial charge in [-0.3, -0.25) is 23.5 Å². The van der Waals surface area contributed by atoms with Crippen LogP contribution in [-0.2, 0) is 11.3 Å². The van der Waals surface area contributed by atoms with Crippen molar-refractivity contribution in [2.45, 2.75) is 45.2 Å². The van der Waals surface area contributed by atoms with Crippen LogP contribution >= 0.6 is 11.6 Å². The fraction of sp³-hybridized carbons (Fsp3) is 0.360. The number of hydrogen-bond acceptors (Lipinski definition) is 6. The Morgan fingerprint density at radius 3 is 2.39 bits per heavy atom. The second-order valence-electron chi connectivity index (χ2n) is 8.71. The van der Waals surface area contributed by atoms with Crippen LogP contribution < -0.4 is 31.8 Å². The molecule has 2 aromatic carbocycles. The number of aromatic nitrogens is 2. The van der Waals surface area contributed by atoms with Gasteiger partial charge < -0.3 is 20.5 Å². The van der Waals surface area contributed by atoms with Gasteiger partial charge in [-0.25, -0.2) is 4.79 Å². The summed E-state index contributed by atoms with van der Waals surface area (Å²) in [5.74, 6) is -0.524. The molecule has 3 N–H and O–H groups in total. The molecule has 0 radical (unpaired) electrons. The highest BCUT2D eigenvalue weighted by Crippen LogP contribution is 2.36. The van der Waals surface area contributed by atoms with Gasteiger partial charge in [-0.05, 0) is 43.5 Å². The number of amides is 2. The monoisotopic (exact) mass is 514 g/mol. The van der Waals surface area contributed by atoms with Crippen LogP contribution in [0.2, 0.25) is 5.02 Å². The van der Waals surface area contributed by atoms with Gasteiger partial charge in [-0.1, -0.05) is 24.4 Å². The third-order valence-electron chi connectivity index (χ3n) is 6.61. The molecule has 0 unspecified atom stereocenters. The number of halogens is 1. The molecule has 190 valence electrons. The van der Waals surface area contributed by atoms with E-state index in [1.54, 1.807) is 6.92 Å². The van der Waals surface area contributed by atoms with E-state index < -0.39 is 23.1 Å². The number of aryl methyl sites for hydroxylation is 1. The van der Waals surface area contributed by atoms with Gasteiger partial charge in [0.15, 0.2) is 0 Å². The molecule has 1 heterocycles. The first-order valence-corrected chi connectivity index (χ1v) is 11.9. The van der Waals surface area contributed by atoms with Crippen molar-refractivity contribution < 1.29 is 19.1 Å². The van der Waals surface area contributed by atoms with Gasteiger partial charge in [0, 0.05) is 17.7 Å². The summed E-state index contributed by atoms with van der Waals surface area (Å²) < 4.78 is 13.0. The molecule has 1 aromatic heterocycles. The number of nitrogens with one attached hydrogen (secondary N) is 1. The fourth-order valence-corrected chi connectivity index (χ4v) is 5.07. The molecule has 0 spiro atoms. The number of anilines is 1. The minimum absolute atomic E-state index is 0.185. The molecule has 0 saturated heterocycles. The smallest absolute Gasteiger partial charge is 0.332 e. The first-order valence-electron chi connectivity index (χ1n) is 11.5. The molecule has 4 rings (SSSR count). The van der Waals surface area contributed by atoms with Crippen molar-refractivity contribution in [3.63, 3.8) is 0 Å². The Kier molecular flexibility index (Phi) is 7.07. The molecule has 1 aliphatic rings. The Morgan fingerprint density at radius 1 is 1.11 bits per heavy atom. The van der Waals surface area contributed by atoms with E-state index in [1.165, 1.54) is 47.6 Å². The van der Waals surface area contributed by atoms with Crippen LogP contribution in [0.1, 0.15) is 47.6 Å². The van der Waals surface area contributed by atoms with E-state index in [2.05, 4.69) is 5.32 Å². The zero-order chi connectivity index (χ0) is 26.1. The minimum Gasteiger partial charge on any atom is -0.495 e. The van der Waals surface area contributed by atoms with E-state index in [-0.39, 0.29) is 34.1 Å². The van der Waals surface area contributed by atoms with Crippen LogP contribution in [0.25, 0.3) is 10.9 Å². The van der Waals surface area contributed by atoms with Gasteiger partial charge in [0.05, 0.1) is 35.8 Å². The molecular formula is C25H27ClN4O6. The van der Waals surface area contributed by atoms with Gasteiger partial charge in [0.2, 0.25) is 11.8 Å². The van der Waals surface area contributed by atoms with Gasteiger partial charge >= 0.3 is 5.69 Å². The number of methoxy groups -OCH3 is 2. The van der Waals surface area contributed by atoms with E-state index in [1.807, 2.05) is 0 Å². The second-order valence-corrected chi connectivity index (χ2v) is 9.12. The Balaban J connectivity index is 1.84. The number of primary amides is 1. The number of carbonyl (C=O) groups is 2. The summed E-state index contributed by atoms with van der Waals surface area (Å²) in [7, 11) is 2.90. The minimum atomic E-state index is -0.680. The summed E-state index contributed by atoms with van der Waals surface area (Å²) in [5.41, 5.74) is 5.53. The van der Waals surface area contributed by atoms with E-state index >= 15 is 0 Å². The number of nitrogens with zero attached hydrogens (tertiary/aromatic N) is 2. The van der Waals surface area contributed by atoms with Crippen LogP contribution in [0, 0.1) is 6.92 Å². The molecule has 1 fully saturated rings. The summed E-state index contributed by atoms with van der Waals surface area (Å²) in [4.78, 5) is 52.1. The number of benzene rings is 2. The first-order chi connectivity index (χ1) is 17.2. The largest absolute Gasteiger partial charge is 0.495 e. The Morgan fingerprint density at radius 2 is 1.78 bits per heavy atom. The van der Waals surface area contributed by atoms with Crippen molar-refractivity contribution in [1.29, 1.82) is 0 Å². The average molecular weight is 515 g/mol. The Hall–Kier alpha value is -3.79. The van der Waals surface area contributed by atoms with Crippen LogP contribution in [0.15, 0.2) is 33.9 Å². The molecular weight excluding hydrogens is 488 g/mol. The summed E-state index contributed by atoms with van der Waals surface area (Å²) in [6.07, 6.45) is 3.16. The van der Waals surface area contributed by atoms with Gasteiger partial charge in [-0.2, -0.15) is 0 Å². The quantitative estimate of drug-likeness (QED) is 0.497. The van der Waals surface area contributed by atoms with Crippen LogP contribution in [0.3, 0.4) is 0 Å². The van der Waals surface area contributed by atoms with Crippen molar-refractivity contribution in [3.8, 4) is 11.5 Å². The molecule has 1 aliphatic carbocycles. The number of fused-ring (bicyclic) bond motifs is 1. The zero-order valence-electron chi connectivity index (χ0n) is 20.2. The van der Waals surface area contributed by atoms with E-state index in [0.29, 0.717) is 35.6 Å². The summed E-state index contributed by atoms with van der Waals surface area (Å²) in [6, 6.07) is 5.68. The topological polar surface area (TPSA) is 135 Å². The lowest BCUT2D eigenvalue weighted by Crippen LogP contribution is -2.43. The predicted octanol–water partition coefficient (Wildman–Crippen LogP) is 2.99. The van der Waals surface area contributed by atoms with Gasteiger partial charge in [0.25, 0.3) is 5.56 Å². The molecule has 36 heavy (non-hydrogen) atoms. The SMILES string of the molecule is COc1cc(OC)c(NC(=O)Cn2c(=O)n(C3CCCC3)c(=O)c3c(C)c(C(N)=O)ccc32)cc1Cl. The molecule has 0 bridgehead atoms. The third-order valence-corrected chi connectivity index (χ3v) is 6.90. The molecule has 2 amide bonds. The second kappa shape index (κ2) is 10.1. The normalized spacial score (nSPS) is 13.7. The lowest BCUT2D eigenvalue weighted by molar-refractivity contribution is -0.116. The molecule has 3 aromatic rings. The highest BCUT2D eigenvalue weighted by Gasteiger charge is 2.26. The number of rotatable bonds is 7. The van der Waals surface area contributed by atoms with E-state index in [4.69, 9.17) is 26.8 Å². The average Bonchev–Trinajstić information content (AvgIpc) is 3.36. The summed E-state index contributed by atoms with van der Waals surface area (Å²) in [6.45, 7) is 1.23. The maximum Gasteiger partial charge on any atom is 0.332 e. The first kappa shape index (κ1) is 25.3. The van der Waals surface area contributed by atoms with Crippen molar-refractivity contribution in [1.82, 2.24) is 9.13 Å². The third kappa shape index (κ3) is 4.44. The van der Waals surface area contributed by atoms with E-state index in [9.17, 15) is 19.2 Å². The van der Waals surface area contributed by atoms with Gasteiger partial charge in [0.1, 0.15) is 18.0 Å². The van der Waals surface area contributed by atoms with Crippen molar-refractivity contribution in [3.05, 3.63) is 61.3 Å². The number of ether oxygens (including phenoxy) is 2. The Labute approximate surface area is 211 Å². The van der Waals surface area contributed by atoms with Crippen molar-refractivity contribution in [2.75, 3.05) is 19.5 Å². The van der Waals surface area contributed by atoms with E-state index in [0.717, 1.165) is 12.8 Å². The van der Waals surface area contributed by atoms with Gasteiger partial charge in [-0.15, -0.1) is 0 Å². The highest BCUT2D eigenvalue weighted by molar-refractivity contribution is 6.32. The Bertz CT molecular complexity index is 1490. The van der Waals surface area contributed by atoms with Crippen LogP contribution in [0.5, 0.6) is 11.5 Å². The standard InChI is InChI=1S/C25H27ClN4O6/c1-13-15(23(27)32)8-9-18-22(13)24(33)30(14-6-4-5-7-14)25(34)29(18)12-21(31)28-17-10-16(26)19(35-2)11-20(17)36-3/h8-11,14H,4-7,12H2,1-3H3,(H2,27,32)(H,28,31). The number of nitrogens with two attached hydrogens (primary N) is 1. The van der Waals surface area contributed by atoms with Crippen molar-refractivity contribution in [2.24, 2.45) is 5.73 Å². The maximum atomic E-state index is 13.6. The van der Waals surface area contributed by atoms with Crippen LogP contribution in [-0.4, -0.2) is 35.2 Å². The lowest BCUT2D eigenvalue weighted by atomic mass is 10.0. The molecule has 0 atom stereocenters. The number of hydrogen-bond donors (Lipinski definition) is 2. The molecule has 1 saturated carbocycles. The zero-order valence-corrected chi connectivity index (χ0v) is 21.0. The maximum absolute atomic E-state index is 13.6. The van der Waals surface area contributed by atoms with Crippen LogP contribution in [0.4, 0.5) is 5.69 Å². The molecule has 10 nitrogen and oxygen atoms in total.